The monoisotopic (exact) mass is 288 g/mol. The number of esters is 1. The van der Waals surface area contributed by atoms with Crippen LogP contribution in [0.25, 0.3) is 10.9 Å². The van der Waals surface area contributed by atoms with E-state index in [4.69, 9.17) is 4.74 Å². The van der Waals surface area contributed by atoms with Gasteiger partial charge in [-0.15, -0.1) is 0 Å². The minimum absolute atomic E-state index is 0.134. The van der Waals surface area contributed by atoms with Crippen molar-refractivity contribution in [3.63, 3.8) is 0 Å². The molecule has 1 aliphatic heterocycles. The highest BCUT2D eigenvalue weighted by Crippen LogP contribution is 2.17. The van der Waals surface area contributed by atoms with Gasteiger partial charge in [0.05, 0.1) is 5.52 Å². The van der Waals surface area contributed by atoms with Crippen LogP contribution in [0.3, 0.4) is 0 Å². The van der Waals surface area contributed by atoms with Gasteiger partial charge in [-0.1, -0.05) is 18.2 Å². The molecule has 6 heteroatoms. The van der Waals surface area contributed by atoms with E-state index in [9.17, 15) is 4.79 Å². The predicted octanol–water partition coefficient (Wildman–Crippen LogP) is 0.965. The van der Waals surface area contributed by atoms with Crippen molar-refractivity contribution in [1.82, 2.24) is 20.0 Å². The summed E-state index contributed by atoms with van der Waals surface area (Å²) in [6.07, 6.45) is -0.134. The van der Waals surface area contributed by atoms with Crippen LogP contribution >= 0.6 is 0 Å². The van der Waals surface area contributed by atoms with E-state index >= 15 is 0 Å². The number of para-hydroxylation sites is 1. The summed E-state index contributed by atoms with van der Waals surface area (Å²) >= 11 is 0. The number of carbonyl (C=O) groups excluding carboxylic acids is 1. The van der Waals surface area contributed by atoms with E-state index in [1.165, 1.54) is 0 Å². The largest absolute Gasteiger partial charge is 0.455 e. The molecule has 0 saturated carbocycles. The molecule has 21 heavy (non-hydrogen) atoms. The van der Waals surface area contributed by atoms with Crippen molar-refractivity contribution in [3.05, 3.63) is 30.0 Å². The van der Waals surface area contributed by atoms with Gasteiger partial charge in [-0.05, 0) is 20.2 Å². The lowest BCUT2D eigenvalue weighted by atomic mass is 10.2. The first kappa shape index (κ1) is 14.0. The SMILES string of the molecule is CN1CCN(C)CC(OC(=O)c2n[nH]c3ccccc23)C1. The van der Waals surface area contributed by atoms with Gasteiger partial charge in [0, 0.05) is 31.6 Å². The van der Waals surface area contributed by atoms with E-state index in [0.717, 1.165) is 37.1 Å². The summed E-state index contributed by atoms with van der Waals surface area (Å²) in [5.74, 6) is -0.360. The van der Waals surface area contributed by atoms with Crippen molar-refractivity contribution < 1.29 is 9.53 Å². The Balaban J connectivity index is 1.76. The number of nitrogens with zero attached hydrogens (tertiary/aromatic N) is 3. The Labute approximate surface area is 123 Å². The summed E-state index contributed by atoms with van der Waals surface area (Å²) in [4.78, 5) is 16.7. The molecule has 1 saturated heterocycles. The molecule has 1 aromatic carbocycles. The number of rotatable bonds is 2. The fraction of sp³-hybridized carbons (Fsp3) is 0.467. The summed E-state index contributed by atoms with van der Waals surface area (Å²) in [5.41, 5.74) is 1.21. The molecular weight excluding hydrogens is 268 g/mol. The summed E-state index contributed by atoms with van der Waals surface area (Å²) in [6, 6.07) is 7.57. The van der Waals surface area contributed by atoms with Crippen LogP contribution in [0.5, 0.6) is 0 Å². The van der Waals surface area contributed by atoms with Crippen LogP contribution in [0.1, 0.15) is 10.5 Å². The zero-order chi connectivity index (χ0) is 14.8. The number of likely N-dealkylation sites (N-methyl/N-ethyl adjacent to an activating group) is 2. The Morgan fingerprint density at radius 2 is 1.90 bits per heavy atom. The third-order valence-corrected chi connectivity index (χ3v) is 3.83. The van der Waals surface area contributed by atoms with Crippen molar-refractivity contribution in [1.29, 1.82) is 0 Å². The Morgan fingerprint density at radius 3 is 2.62 bits per heavy atom. The van der Waals surface area contributed by atoms with Crippen molar-refractivity contribution in [3.8, 4) is 0 Å². The van der Waals surface area contributed by atoms with E-state index in [1.54, 1.807) is 0 Å². The van der Waals surface area contributed by atoms with Crippen LogP contribution in [0.4, 0.5) is 0 Å². The zero-order valence-electron chi connectivity index (χ0n) is 12.4. The standard InChI is InChI=1S/C15H20N4O2/c1-18-7-8-19(2)10-11(9-18)21-15(20)14-12-5-3-4-6-13(12)16-17-14/h3-6,11H,7-10H2,1-2H3,(H,16,17). The summed E-state index contributed by atoms with van der Waals surface area (Å²) in [7, 11) is 4.09. The average molecular weight is 288 g/mol. The lowest BCUT2D eigenvalue weighted by molar-refractivity contribution is 0.0208. The molecule has 1 aliphatic rings. The van der Waals surface area contributed by atoms with E-state index in [-0.39, 0.29) is 12.1 Å². The molecule has 3 rings (SSSR count). The van der Waals surface area contributed by atoms with Gasteiger partial charge in [0.2, 0.25) is 0 Å². The van der Waals surface area contributed by atoms with E-state index in [1.807, 2.05) is 38.4 Å². The molecule has 0 bridgehead atoms. The maximum absolute atomic E-state index is 12.4. The number of aromatic amines is 1. The second-order valence-electron chi connectivity index (χ2n) is 5.67. The summed E-state index contributed by atoms with van der Waals surface area (Å²) in [5, 5.41) is 7.76. The summed E-state index contributed by atoms with van der Waals surface area (Å²) in [6.45, 7) is 3.46. The number of H-pyrrole nitrogens is 1. The van der Waals surface area contributed by atoms with Gasteiger partial charge in [0.15, 0.2) is 5.69 Å². The van der Waals surface area contributed by atoms with E-state index < -0.39 is 0 Å². The van der Waals surface area contributed by atoms with E-state index in [2.05, 4.69) is 20.0 Å². The highest BCUT2D eigenvalue weighted by Gasteiger charge is 2.24. The molecule has 1 aromatic heterocycles. The molecule has 0 amide bonds. The molecule has 0 aliphatic carbocycles. The Hall–Kier alpha value is -1.92. The third-order valence-electron chi connectivity index (χ3n) is 3.83. The highest BCUT2D eigenvalue weighted by molar-refractivity contribution is 6.01. The van der Waals surface area contributed by atoms with Crippen molar-refractivity contribution in [2.24, 2.45) is 0 Å². The minimum atomic E-state index is -0.360. The first-order valence-electron chi connectivity index (χ1n) is 7.14. The quantitative estimate of drug-likeness (QED) is 0.834. The van der Waals surface area contributed by atoms with Crippen LogP contribution in [0, 0.1) is 0 Å². The topological polar surface area (TPSA) is 61.5 Å². The lowest BCUT2D eigenvalue weighted by Gasteiger charge is -2.20. The molecule has 112 valence electrons. The first-order valence-corrected chi connectivity index (χ1v) is 7.14. The van der Waals surface area contributed by atoms with Crippen LogP contribution in [-0.4, -0.2) is 72.3 Å². The van der Waals surface area contributed by atoms with Crippen molar-refractivity contribution in [2.45, 2.75) is 6.10 Å². The van der Waals surface area contributed by atoms with Gasteiger partial charge in [-0.25, -0.2) is 4.79 Å². The normalized spacial score (nSPS) is 18.8. The average Bonchev–Trinajstić information content (AvgIpc) is 2.82. The Kier molecular flexibility index (Phi) is 3.90. The minimum Gasteiger partial charge on any atom is -0.455 e. The zero-order valence-corrected chi connectivity index (χ0v) is 12.4. The fourth-order valence-corrected chi connectivity index (χ4v) is 2.68. The lowest BCUT2D eigenvalue weighted by Crippen LogP contribution is -2.35. The number of nitrogens with one attached hydrogen (secondary N) is 1. The number of benzene rings is 1. The molecule has 1 fully saturated rings. The second-order valence-corrected chi connectivity index (χ2v) is 5.67. The van der Waals surface area contributed by atoms with Gasteiger partial charge < -0.3 is 14.5 Å². The Bertz CT molecular complexity index is 627. The highest BCUT2D eigenvalue weighted by atomic mass is 16.5. The molecule has 0 atom stereocenters. The number of aromatic nitrogens is 2. The molecular formula is C15H20N4O2. The number of hydrogen-bond donors (Lipinski definition) is 1. The first-order chi connectivity index (χ1) is 10.1. The third kappa shape index (κ3) is 3.06. The molecule has 0 unspecified atom stereocenters. The van der Waals surface area contributed by atoms with Gasteiger partial charge >= 0.3 is 5.97 Å². The Morgan fingerprint density at radius 1 is 1.24 bits per heavy atom. The number of ether oxygens (including phenoxy) is 1. The number of hydrogen-bond acceptors (Lipinski definition) is 5. The van der Waals surface area contributed by atoms with Crippen LogP contribution in [0.2, 0.25) is 0 Å². The van der Waals surface area contributed by atoms with Gasteiger partial charge in [0.1, 0.15) is 6.10 Å². The van der Waals surface area contributed by atoms with Gasteiger partial charge in [0.25, 0.3) is 0 Å². The van der Waals surface area contributed by atoms with Crippen molar-refractivity contribution in [2.75, 3.05) is 40.3 Å². The summed E-state index contributed by atoms with van der Waals surface area (Å²) < 4.78 is 5.66. The molecule has 0 spiro atoms. The molecule has 1 N–H and O–H groups in total. The number of carbonyl (C=O) groups is 1. The molecule has 0 radical (unpaired) electrons. The van der Waals surface area contributed by atoms with Crippen molar-refractivity contribution >= 4 is 16.9 Å². The van der Waals surface area contributed by atoms with E-state index in [0.29, 0.717) is 5.69 Å². The molecule has 6 nitrogen and oxygen atoms in total. The maximum Gasteiger partial charge on any atom is 0.359 e. The fourth-order valence-electron chi connectivity index (χ4n) is 2.68. The predicted molar refractivity (Wildman–Crippen MR) is 80.3 cm³/mol. The van der Waals surface area contributed by atoms with Gasteiger partial charge in [-0.2, -0.15) is 5.10 Å². The smallest absolute Gasteiger partial charge is 0.359 e. The van der Waals surface area contributed by atoms with Gasteiger partial charge in [-0.3, -0.25) is 5.10 Å². The molecule has 2 heterocycles. The second kappa shape index (κ2) is 5.83. The maximum atomic E-state index is 12.4. The van der Waals surface area contributed by atoms with Crippen LogP contribution in [0.15, 0.2) is 24.3 Å². The van der Waals surface area contributed by atoms with Crippen LogP contribution in [-0.2, 0) is 4.74 Å². The molecule has 2 aromatic rings. The number of fused-ring (bicyclic) bond motifs is 1. The van der Waals surface area contributed by atoms with Crippen LogP contribution < -0.4 is 0 Å².